The lowest BCUT2D eigenvalue weighted by Crippen LogP contribution is -2.30. The summed E-state index contributed by atoms with van der Waals surface area (Å²) >= 11 is 0. The number of pyridine rings is 1. The minimum Gasteiger partial charge on any atom is -0.484 e. The van der Waals surface area contributed by atoms with Gasteiger partial charge in [-0.05, 0) is 48.7 Å². The largest absolute Gasteiger partial charge is 0.484 e. The van der Waals surface area contributed by atoms with E-state index in [2.05, 4.69) is 39.5 Å². The van der Waals surface area contributed by atoms with Gasteiger partial charge in [0, 0.05) is 13.1 Å². The van der Waals surface area contributed by atoms with Gasteiger partial charge >= 0.3 is 0 Å². The number of nitrogens with one attached hydrogen (secondary N) is 1. The number of nitrogens with zero attached hydrogens (tertiary/aromatic N) is 2. The zero-order chi connectivity index (χ0) is 19.3. The predicted molar refractivity (Wildman–Crippen MR) is 111 cm³/mol. The van der Waals surface area contributed by atoms with Crippen LogP contribution in [0.1, 0.15) is 16.7 Å². The van der Waals surface area contributed by atoms with Crippen molar-refractivity contribution in [3.8, 4) is 5.75 Å². The third-order valence-electron chi connectivity index (χ3n) is 4.88. The van der Waals surface area contributed by atoms with Crippen molar-refractivity contribution in [2.45, 2.75) is 19.9 Å². The van der Waals surface area contributed by atoms with Gasteiger partial charge in [0.1, 0.15) is 11.6 Å². The summed E-state index contributed by atoms with van der Waals surface area (Å²) in [7, 11) is 0. The molecular formula is C23H23N3O2. The average Bonchev–Trinajstić information content (AvgIpc) is 2.73. The average molecular weight is 373 g/mol. The van der Waals surface area contributed by atoms with Crippen LogP contribution in [0.4, 0.5) is 11.5 Å². The number of carbonyl (C=O) groups is 1. The van der Waals surface area contributed by atoms with E-state index in [9.17, 15) is 4.79 Å². The van der Waals surface area contributed by atoms with Gasteiger partial charge in [-0.15, -0.1) is 0 Å². The van der Waals surface area contributed by atoms with Crippen LogP contribution in [0, 0.1) is 6.92 Å². The predicted octanol–water partition coefficient (Wildman–Crippen LogP) is 3.97. The number of amides is 1. The van der Waals surface area contributed by atoms with Crippen molar-refractivity contribution in [1.82, 2.24) is 4.98 Å². The summed E-state index contributed by atoms with van der Waals surface area (Å²) < 4.78 is 5.51. The second kappa shape index (κ2) is 8.13. The molecule has 5 nitrogen and oxygen atoms in total. The van der Waals surface area contributed by atoms with Crippen LogP contribution in [-0.2, 0) is 17.8 Å². The van der Waals surface area contributed by atoms with Gasteiger partial charge in [0.05, 0.1) is 11.9 Å². The van der Waals surface area contributed by atoms with Gasteiger partial charge in [-0.3, -0.25) is 4.79 Å². The minimum atomic E-state index is -0.206. The second-order valence-corrected chi connectivity index (χ2v) is 7.00. The number of aromatic nitrogens is 1. The Morgan fingerprint density at radius 1 is 1.07 bits per heavy atom. The quantitative estimate of drug-likeness (QED) is 0.735. The Morgan fingerprint density at radius 3 is 2.61 bits per heavy atom. The summed E-state index contributed by atoms with van der Waals surface area (Å²) in [5.74, 6) is 1.39. The van der Waals surface area contributed by atoms with E-state index in [1.807, 2.05) is 43.3 Å². The molecule has 1 N–H and O–H groups in total. The van der Waals surface area contributed by atoms with Gasteiger partial charge in [-0.25, -0.2) is 4.98 Å². The minimum absolute atomic E-state index is 0.0340. The monoisotopic (exact) mass is 373 g/mol. The van der Waals surface area contributed by atoms with Crippen molar-refractivity contribution < 1.29 is 9.53 Å². The molecule has 3 aromatic rings. The maximum absolute atomic E-state index is 12.1. The molecule has 28 heavy (non-hydrogen) atoms. The third kappa shape index (κ3) is 4.31. The highest BCUT2D eigenvalue weighted by molar-refractivity contribution is 5.91. The number of fused-ring (bicyclic) bond motifs is 1. The van der Waals surface area contributed by atoms with Crippen LogP contribution in [0.5, 0.6) is 5.75 Å². The molecule has 1 aliphatic heterocycles. The van der Waals surface area contributed by atoms with Gasteiger partial charge in [0.2, 0.25) is 0 Å². The molecule has 0 saturated carbocycles. The fourth-order valence-corrected chi connectivity index (χ4v) is 3.32. The third-order valence-corrected chi connectivity index (χ3v) is 4.88. The molecule has 5 heteroatoms. The van der Waals surface area contributed by atoms with E-state index in [1.165, 1.54) is 11.1 Å². The summed E-state index contributed by atoms with van der Waals surface area (Å²) in [6.45, 7) is 3.78. The van der Waals surface area contributed by atoms with Crippen LogP contribution in [0.3, 0.4) is 0 Å². The van der Waals surface area contributed by atoms with Gasteiger partial charge in [0.25, 0.3) is 5.91 Å². The molecule has 0 aliphatic carbocycles. The summed E-state index contributed by atoms with van der Waals surface area (Å²) in [5, 5.41) is 2.82. The first-order chi connectivity index (χ1) is 13.7. The summed E-state index contributed by atoms with van der Waals surface area (Å²) in [6, 6.07) is 20.0. The fraction of sp³-hybridized carbons (Fsp3) is 0.217. The van der Waals surface area contributed by atoms with Crippen LogP contribution >= 0.6 is 0 Å². The lowest BCUT2D eigenvalue weighted by molar-refractivity contribution is -0.118. The molecule has 0 spiro atoms. The van der Waals surface area contributed by atoms with Gasteiger partial charge in [-0.1, -0.05) is 42.0 Å². The zero-order valence-electron chi connectivity index (χ0n) is 15.9. The molecule has 0 unspecified atom stereocenters. The van der Waals surface area contributed by atoms with Crippen LogP contribution in [0.25, 0.3) is 0 Å². The zero-order valence-corrected chi connectivity index (χ0v) is 15.9. The first-order valence-corrected chi connectivity index (χ1v) is 9.44. The number of aryl methyl sites for hydroxylation is 1. The number of benzene rings is 2. The van der Waals surface area contributed by atoms with E-state index in [1.54, 1.807) is 6.20 Å². The Bertz CT molecular complexity index is 952. The first kappa shape index (κ1) is 18.0. The van der Waals surface area contributed by atoms with Gasteiger partial charge in [0.15, 0.2) is 6.61 Å². The number of ether oxygens (including phenoxy) is 1. The van der Waals surface area contributed by atoms with Crippen LogP contribution < -0.4 is 15.0 Å². The van der Waals surface area contributed by atoms with Crippen molar-refractivity contribution in [2.75, 3.05) is 23.4 Å². The van der Waals surface area contributed by atoms with Crippen molar-refractivity contribution >= 4 is 17.4 Å². The SMILES string of the molecule is Cc1ccc(OCC(=O)Nc2ccc(N3CCc4ccccc4C3)nc2)cc1. The molecule has 1 aromatic heterocycles. The van der Waals surface area contributed by atoms with E-state index in [0.717, 1.165) is 30.9 Å². The van der Waals surface area contributed by atoms with E-state index < -0.39 is 0 Å². The smallest absolute Gasteiger partial charge is 0.262 e. The normalized spacial score (nSPS) is 13.0. The molecule has 1 aliphatic rings. The van der Waals surface area contributed by atoms with E-state index >= 15 is 0 Å². The van der Waals surface area contributed by atoms with Crippen molar-refractivity contribution in [3.05, 3.63) is 83.6 Å². The maximum atomic E-state index is 12.1. The number of hydrogen-bond acceptors (Lipinski definition) is 4. The van der Waals surface area contributed by atoms with E-state index in [0.29, 0.717) is 11.4 Å². The van der Waals surface area contributed by atoms with Gasteiger partial charge in [-0.2, -0.15) is 0 Å². The summed E-state index contributed by atoms with van der Waals surface area (Å²) in [5.41, 5.74) is 4.58. The molecule has 0 atom stereocenters. The number of rotatable bonds is 5. The Hall–Kier alpha value is -3.34. The fourth-order valence-electron chi connectivity index (χ4n) is 3.32. The molecule has 0 fully saturated rings. The Labute approximate surface area is 165 Å². The number of hydrogen-bond donors (Lipinski definition) is 1. The molecule has 142 valence electrons. The molecule has 4 rings (SSSR count). The van der Waals surface area contributed by atoms with Crippen molar-refractivity contribution in [3.63, 3.8) is 0 Å². The highest BCUT2D eigenvalue weighted by atomic mass is 16.5. The molecule has 0 saturated heterocycles. The number of carbonyl (C=O) groups excluding carboxylic acids is 1. The Balaban J connectivity index is 1.32. The molecule has 0 bridgehead atoms. The van der Waals surface area contributed by atoms with Gasteiger partial charge < -0.3 is 15.0 Å². The first-order valence-electron chi connectivity index (χ1n) is 9.44. The number of anilines is 2. The standard InChI is InChI=1S/C23H23N3O2/c1-17-6-9-21(10-7-17)28-16-23(27)25-20-8-11-22(24-14-20)26-13-12-18-4-2-3-5-19(18)15-26/h2-11,14H,12-13,15-16H2,1H3,(H,25,27). The van der Waals surface area contributed by atoms with E-state index in [-0.39, 0.29) is 12.5 Å². The van der Waals surface area contributed by atoms with E-state index in [4.69, 9.17) is 4.74 Å². The Kier molecular flexibility index (Phi) is 5.24. The molecule has 2 heterocycles. The molecule has 1 amide bonds. The Morgan fingerprint density at radius 2 is 1.86 bits per heavy atom. The summed E-state index contributed by atoms with van der Waals surface area (Å²) in [4.78, 5) is 18.9. The molecule has 2 aromatic carbocycles. The molecular weight excluding hydrogens is 350 g/mol. The lowest BCUT2D eigenvalue weighted by Gasteiger charge is -2.29. The topological polar surface area (TPSA) is 54.5 Å². The van der Waals surface area contributed by atoms with Crippen molar-refractivity contribution in [1.29, 1.82) is 0 Å². The van der Waals surface area contributed by atoms with Crippen LogP contribution in [0.2, 0.25) is 0 Å². The summed E-state index contributed by atoms with van der Waals surface area (Å²) in [6.07, 6.45) is 2.71. The van der Waals surface area contributed by atoms with Crippen LogP contribution in [0.15, 0.2) is 66.9 Å². The molecule has 0 radical (unpaired) electrons. The van der Waals surface area contributed by atoms with Crippen LogP contribution in [-0.4, -0.2) is 24.0 Å². The lowest BCUT2D eigenvalue weighted by atomic mass is 10.00. The second-order valence-electron chi connectivity index (χ2n) is 7.00. The maximum Gasteiger partial charge on any atom is 0.262 e. The van der Waals surface area contributed by atoms with Crippen molar-refractivity contribution in [2.24, 2.45) is 0 Å². The highest BCUT2D eigenvalue weighted by Crippen LogP contribution is 2.23. The highest BCUT2D eigenvalue weighted by Gasteiger charge is 2.17.